The molecule has 0 fully saturated rings. The Kier molecular flexibility index (Phi) is 3.41. The van der Waals surface area contributed by atoms with Gasteiger partial charge < -0.3 is 13.9 Å². The highest BCUT2D eigenvalue weighted by atomic mass is 16.5. The molecule has 1 aromatic carbocycles. The average Bonchev–Trinajstić information content (AvgIpc) is 2.97. The largest absolute Gasteiger partial charge is 0.491 e. The number of rotatable bonds is 4. The lowest BCUT2D eigenvalue weighted by Crippen LogP contribution is -2.06. The number of fused-ring (bicyclic) bond motifs is 1. The lowest BCUT2D eigenvalue weighted by Gasteiger charge is -2.10. The van der Waals surface area contributed by atoms with Gasteiger partial charge in [-0.05, 0) is 45.0 Å². The van der Waals surface area contributed by atoms with E-state index < -0.39 is 0 Å². The molecular formula is C16H20N4O. The van der Waals surface area contributed by atoms with E-state index in [2.05, 4.69) is 39.2 Å². The lowest BCUT2D eigenvalue weighted by molar-refractivity contribution is 0.243. The zero-order valence-corrected chi connectivity index (χ0v) is 12.9. The van der Waals surface area contributed by atoms with Crippen molar-refractivity contribution in [3.63, 3.8) is 0 Å². The van der Waals surface area contributed by atoms with Gasteiger partial charge in [-0.25, -0.2) is 0 Å². The molecule has 0 N–H and O–H groups in total. The van der Waals surface area contributed by atoms with Gasteiger partial charge in [0.25, 0.3) is 0 Å². The Bertz CT molecular complexity index is 770. The van der Waals surface area contributed by atoms with Gasteiger partial charge >= 0.3 is 0 Å². The van der Waals surface area contributed by atoms with Crippen LogP contribution in [-0.2, 0) is 13.6 Å². The van der Waals surface area contributed by atoms with E-state index in [0.717, 1.165) is 17.4 Å². The molecule has 5 heteroatoms. The van der Waals surface area contributed by atoms with Crippen LogP contribution in [0.2, 0.25) is 0 Å². The van der Waals surface area contributed by atoms with E-state index in [-0.39, 0.29) is 6.10 Å². The maximum Gasteiger partial charge on any atom is 0.152 e. The lowest BCUT2D eigenvalue weighted by atomic mass is 10.2. The molecule has 0 radical (unpaired) electrons. The highest BCUT2D eigenvalue weighted by molar-refractivity contribution is 5.81. The number of benzene rings is 1. The van der Waals surface area contributed by atoms with E-state index in [4.69, 9.17) is 4.74 Å². The summed E-state index contributed by atoms with van der Waals surface area (Å²) in [4.78, 5) is 0. The van der Waals surface area contributed by atoms with Crippen molar-refractivity contribution in [2.75, 3.05) is 0 Å². The topological polar surface area (TPSA) is 44.9 Å². The Labute approximate surface area is 124 Å². The van der Waals surface area contributed by atoms with Crippen LogP contribution in [0.5, 0.6) is 5.75 Å². The van der Waals surface area contributed by atoms with Gasteiger partial charge in [0.15, 0.2) is 5.82 Å². The maximum absolute atomic E-state index is 5.74. The number of nitrogens with zero attached hydrogens (tertiary/aromatic N) is 4. The van der Waals surface area contributed by atoms with Crippen molar-refractivity contribution in [3.05, 3.63) is 42.1 Å². The first-order chi connectivity index (χ1) is 10.0. The van der Waals surface area contributed by atoms with E-state index in [9.17, 15) is 0 Å². The smallest absolute Gasteiger partial charge is 0.152 e. The number of aryl methyl sites for hydroxylation is 1. The van der Waals surface area contributed by atoms with Crippen LogP contribution in [0.4, 0.5) is 0 Å². The molecule has 0 aliphatic heterocycles. The molecule has 5 nitrogen and oxygen atoms in total. The van der Waals surface area contributed by atoms with Crippen LogP contribution < -0.4 is 4.74 Å². The molecule has 3 aromatic rings. The highest BCUT2D eigenvalue weighted by Crippen LogP contribution is 2.23. The van der Waals surface area contributed by atoms with Crippen LogP contribution in [0.15, 0.2) is 30.5 Å². The number of hydrogen-bond donors (Lipinski definition) is 0. The van der Waals surface area contributed by atoms with Gasteiger partial charge in [-0.3, -0.25) is 0 Å². The Morgan fingerprint density at radius 3 is 2.67 bits per heavy atom. The summed E-state index contributed by atoms with van der Waals surface area (Å²) in [5.41, 5.74) is 1.17. The molecule has 0 bridgehead atoms. The normalized spacial score (nSPS) is 11.5. The highest BCUT2D eigenvalue weighted by Gasteiger charge is 2.09. The van der Waals surface area contributed by atoms with Crippen molar-refractivity contribution in [1.29, 1.82) is 0 Å². The molecule has 2 aromatic heterocycles. The Balaban J connectivity index is 1.92. The van der Waals surface area contributed by atoms with Crippen molar-refractivity contribution < 1.29 is 4.74 Å². The molecule has 110 valence electrons. The molecule has 0 aliphatic rings. The van der Waals surface area contributed by atoms with Crippen LogP contribution in [-0.4, -0.2) is 25.4 Å². The molecule has 21 heavy (non-hydrogen) atoms. The second kappa shape index (κ2) is 5.24. The number of ether oxygens (including phenoxy) is 1. The molecule has 0 saturated carbocycles. The van der Waals surface area contributed by atoms with E-state index in [1.165, 1.54) is 10.9 Å². The Morgan fingerprint density at radius 2 is 2.00 bits per heavy atom. The van der Waals surface area contributed by atoms with Gasteiger partial charge in [-0.2, -0.15) is 0 Å². The van der Waals surface area contributed by atoms with Crippen molar-refractivity contribution in [3.8, 4) is 5.75 Å². The molecule has 0 amide bonds. The standard InChI is InChI=1S/C16H20N4O/c1-11(2)21-14-5-6-15-13(9-14)7-8-20(15)10-16-18-17-12(3)19(16)4/h5-9,11H,10H2,1-4H3. The van der Waals surface area contributed by atoms with Crippen LogP contribution in [0.3, 0.4) is 0 Å². The zero-order valence-electron chi connectivity index (χ0n) is 12.9. The summed E-state index contributed by atoms with van der Waals surface area (Å²) in [5.74, 6) is 2.78. The first kappa shape index (κ1) is 13.7. The quantitative estimate of drug-likeness (QED) is 0.740. The molecule has 3 rings (SSSR count). The van der Waals surface area contributed by atoms with Crippen LogP contribution in [0.1, 0.15) is 25.5 Å². The summed E-state index contributed by atoms with van der Waals surface area (Å²) < 4.78 is 9.93. The maximum atomic E-state index is 5.74. The summed E-state index contributed by atoms with van der Waals surface area (Å²) in [6.07, 6.45) is 2.26. The zero-order chi connectivity index (χ0) is 15.0. The van der Waals surface area contributed by atoms with Gasteiger partial charge in [-0.1, -0.05) is 0 Å². The molecule has 0 atom stereocenters. The predicted molar refractivity (Wildman–Crippen MR) is 82.5 cm³/mol. The molecule has 0 saturated heterocycles. The third-order valence-electron chi connectivity index (χ3n) is 3.61. The third kappa shape index (κ3) is 2.63. The van der Waals surface area contributed by atoms with E-state index in [1.807, 2.05) is 38.5 Å². The van der Waals surface area contributed by atoms with Gasteiger partial charge in [0.05, 0.1) is 12.6 Å². The average molecular weight is 284 g/mol. The fourth-order valence-electron chi connectivity index (χ4n) is 2.40. The monoisotopic (exact) mass is 284 g/mol. The molecule has 2 heterocycles. The predicted octanol–water partition coefficient (Wildman–Crippen LogP) is 2.91. The van der Waals surface area contributed by atoms with Crippen molar-refractivity contribution >= 4 is 10.9 Å². The van der Waals surface area contributed by atoms with Crippen LogP contribution in [0, 0.1) is 6.92 Å². The van der Waals surface area contributed by atoms with Crippen LogP contribution in [0.25, 0.3) is 10.9 Å². The third-order valence-corrected chi connectivity index (χ3v) is 3.61. The fourth-order valence-corrected chi connectivity index (χ4v) is 2.40. The fraction of sp³-hybridized carbons (Fsp3) is 0.375. The van der Waals surface area contributed by atoms with E-state index >= 15 is 0 Å². The first-order valence-electron chi connectivity index (χ1n) is 7.15. The Morgan fingerprint density at radius 1 is 1.19 bits per heavy atom. The summed E-state index contributed by atoms with van der Waals surface area (Å²) >= 11 is 0. The first-order valence-corrected chi connectivity index (χ1v) is 7.15. The minimum atomic E-state index is 0.186. The van der Waals surface area contributed by atoms with Gasteiger partial charge in [0.1, 0.15) is 11.6 Å². The second-order valence-corrected chi connectivity index (χ2v) is 5.55. The molecule has 0 aliphatic carbocycles. The SMILES string of the molecule is Cc1nnc(Cn2ccc3cc(OC(C)C)ccc32)n1C. The molecule has 0 spiro atoms. The van der Waals surface area contributed by atoms with Gasteiger partial charge in [0, 0.05) is 24.1 Å². The van der Waals surface area contributed by atoms with Crippen molar-refractivity contribution in [2.45, 2.75) is 33.4 Å². The summed E-state index contributed by atoms with van der Waals surface area (Å²) in [6.45, 7) is 6.74. The second-order valence-electron chi connectivity index (χ2n) is 5.55. The number of aromatic nitrogens is 4. The minimum Gasteiger partial charge on any atom is -0.491 e. The summed E-state index contributed by atoms with van der Waals surface area (Å²) in [7, 11) is 1.99. The van der Waals surface area contributed by atoms with Crippen LogP contribution >= 0.6 is 0 Å². The summed E-state index contributed by atoms with van der Waals surface area (Å²) in [5, 5.41) is 9.50. The minimum absolute atomic E-state index is 0.186. The number of hydrogen-bond acceptors (Lipinski definition) is 3. The summed E-state index contributed by atoms with van der Waals surface area (Å²) in [6, 6.07) is 8.29. The van der Waals surface area contributed by atoms with Crippen molar-refractivity contribution in [2.24, 2.45) is 7.05 Å². The van der Waals surface area contributed by atoms with E-state index in [1.54, 1.807) is 0 Å². The van der Waals surface area contributed by atoms with Gasteiger partial charge in [-0.15, -0.1) is 10.2 Å². The van der Waals surface area contributed by atoms with Crippen molar-refractivity contribution in [1.82, 2.24) is 19.3 Å². The Hall–Kier alpha value is -2.30. The molecular weight excluding hydrogens is 264 g/mol. The van der Waals surface area contributed by atoms with E-state index in [0.29, 0.717) is 6.54 Å². The van der Waals surface area contributed by atoms with Gasteiger partial charge in [0.2, 0.25) is 0 Å². The molecule has 0 unspecified atom stereocenters.